The predicted molar refractivity (Wildman–Crippen MR) is 83.7 cm³/mol. The Morgan fingerprint density at radius 2 is 2.19 bits per heavy atom. The van der Waals surface area contributed by atoms with Crippen molar-refractivity contribution in [3.63, 3.8) is 0 Å². The summed E-state index contributed by atoms with van der Waals surface area (Å²) in [6.07, 6.45) is 2.43. The summed E-state index contributed by atoms with van der Waals surface area (Å²) >= 11 is 0. The van der Waals surface area contributed by atoms with Crippen molar-refractivity contribution in [2.24, 2.45) is 11.3 Å². The van der Waals surface area contributed by atoms with E-state index in [9.17, 15) is 5.11 Å². The summed E-state index contributed by atoms with van der Waals surface area (Å²) in [5, 5.41) is 11.1. The minimum atomic E-state index is 0.376. The average Bonchev–Trinajstić information content (AvgIpc) is 2.98. The molecule has 3 aliphatic rings. The standard InChI is InChI=1S/C18H22N2O/c1-18(2)10-7-14-16-12(5-6-20(9-10)17(14)18)13-8-11(21)3-4-15(13)19-16/h3-4,8,10,14,17,19,21H,5-7,9H2,1-2H3. The van der Waals surface area contributed by atoms with Crippen molar-refractivity contribution < 1.29 is 5.11 Å². The number of nitrogens with one attached hydrogen (secondary N) is 1. The highest BCUT2D eigenvalue weighted by Crippen LogP contribution is 2.59. The van der Waals surface area contributed by atoms with Gasteiger partial charge in [0.2, 0.25) is 0 Å². The van der Waals surface area contributed by atoms with E-state index >= 15 is 0 Å². The van der Waals surface area contributed by atoms with Crippen LogP contribution in [0, 0.1) is 11.3 Å². The second kappa shape index (κ2) is 3.64. The molecule has 0 radical (unpaired) electrons. The molecule has 1 saturated heterocycles. The fraction of sp³-hybridized carbons (Fsp3) is 0.556. The molecule has 3 unspecified atom stereocenters. The van der Waals surface area contributed by atoms with Crippen LogP contribution in [0.3, 0.4) is 0 Å². The summed E-state index contributed by atoms with van der Waals surface area (Å²) in [5.41, 5.74) is 4.54. The number of benzene rings is 1. The lowest BCUT2D eigenvalue weighted by Gasteiger charge is -2.33. The van der Waals surface area contributed by atoms with Gasteiger partial charge in [-0.05, 0) is 47.9 Å². The van der Waals surface area contributed by atoms with E-state index in [1.54, 1.807) is 6.07 Å². The second-order valence-electron chi connectivity index (χ2n) is 7.80. The first-order chi connectivity index (χ1) is 10.1. The quantitative estimate of drug-likeness (QED) is 0.778. The van der Waals surface area contributed by atoms with Gasteiger partial charge in [0, 0.05) is 41.6 Å². The molecule has 2 fully saturated rings. The van der Waals surface area contributed by atoms with E-state index in [1.165, 1.54) is 35.1 Å². The number of H-pyrrole nitrogens is 1. The lowest BCUT2D eigenvalue weighted by atomic mass is 9.82. The molecule has 0 spiro atoms. The zero-order valence-electron chi connectivity index (χ0n) is 12.7. The zero-order valence-corrected chi connectivity index (χ0v) is 12.7. The molecule has 3 atom stereocenters. The Kier molecular flexibility index (Phi) is 2.10. The Morgan fingerprint density at radius 1 is 1.33 bits per heavy atom. The lowest BCUT2D eigenvalue weighted by Crippen LogP contribution is -2.39. The number of aromatic nitrogens is 1. The number of aromatic hydroxyl groups is 1. The largest absolute Gasteiger partial charge is 0.508 e. The van der Waals surface area contributed by atoms with Crippen molar-refractivity contribution in [1.29, 1.82) is 0 Å². The Balaban J connectivity index is 1.73. The number of phenolic OH excluding ortho intramolecular Hbond substituents is 1. The maximum absolute atomic E-state index is 9.83. The number of phenols is 1. The van der Waals surface area contributed by atoms with Gasteiger partial charge in [-0.2, -0.15) is 0 Å². The van der Waals surface area contributed by atoms with Crippen LogP contribution in [0.2, 0.25) is 0 Å². The maximum Gasteiger partial charge on any atom is 0.116 e. The van der Waals surface area contributed by atoms with Gasteiger partial charge in [-0.25, -0.2) is 0 Å². The van der Waals surface area contributed by atoms with Gasteiger partial charge < -0.3 is 10.1 Å². The van der Waals surface area contributed by atoms with Gasteiger partial charge in [-0.3, -0.25) is 4.90 Å². The fourth-order valence-electron chi connectivity index (χ4n) is 5.53. The Labute approximate surface area is 125 Å². The van der Waals surface area contributed by atoms with Crippen LogP contribution in [0.4, 0.5) is 0 Å². The number of rotatable bonds is 0. The number of aromatic amines is 1. The molecule has 1 aromatic heterocycles. The highest BCUT2D eigenvalue weighted by atomic mass is 16.3. The molecule has 3 nitrogen and oxygen atoms in total. The summed E-state index contributed by atoms with van der Waals surface area (Å²) in [6, 6.07) is 6.43. The number of hydrogen-bond acceptors (Lipinski definition) is 2. The third-order valence-corrected chi connectivity index (χ3v) is 6.52. The van der Waals surface area contributed by atoms with E-state index in [1.807, 2.05) is 12.1 Å². The minimum Gasteiger partial charge on any atom is -0.508 e. The van der Waals surface area contributed by atoms with Crippen LogP contribution < -0.4 is 0 Å². The molecule has 2 N–H and O–H groups in total. The van der Waals surface area contributed by atoms with Crippen LogP contribution in [-0.2, 0) is 6.42 Å². The summed E-state index contributed by atoms with van der Waals surface area (Å²) in [4.78, 5) is 6.42. The smallest absolute Gasteiger partial charge is 0.116 e. The van der Waals surface area contributed by atoms with Gasteiger partial charge in [0.05, 0.1) is 0 Å². The maximum atomic E-state index is 9.83. The van der Waals surface area contributed by atoms with Crippen molar-refractivity contribution in [2.75, 3.05) is 13.1 Å². The van der Waals surface area contributed by atoms with Crippen LogP contribution in [0.5, 0.6) is 5.75 Å². The molecule has 1 aromatic carbocycles. The monoisotopic (exact) mass is 282 g/mol. The van der Waals surface area contributed by atoms with E-state index in [0.29, 0.717) is 23.1 Å². The third-order valence-electron chi connectivity index (χ3n) is 6.52. The Morgan fingerprint density at radius 3 is 3.00 bits per heavy atom. The average molecular weight is 282 g/mol. The molecule has 2 aliphatic heterocycles. The lowest BCUT2D eigenvalue weighted by molar-refractivity contribution is 0.175. The van der Waals surface area contributed by atoms with Crippen LogP contribution in [0.1, 0.15) is 37.4 Å². The van der Waals surface area contributed by atoms with Gasteiger partial charge in [-0.1, -0.05) is 13.8 Å². The first-order valence-electron chi connectivity index (χ1n) is 8.13. The van der Waals surface area contributed by atoms with Crippen molar-refractivity contribution in [2.45, 2.75) is 38.6 Å². The Bertz CT molecular complexity index is 745. The van der Waals surface area contributed by atoms with E-state index in [-0.39, 0.29) is 0 Å². The number of piperidine rings is 1. The molecule has 5 rings (SSSR count). The number of nitrogens with zero attached hydrogens (tertiary/aromatic N) is 1. The summed E-state index contributed by atoms with van der Waals surface area (Å²) in [5.74, 6) is 1.85. The predicted octanol–water partition coefficient (Wildman–Crippen LogP) is 3.24. The molecule has 3 heteroatoms. The number of fused-ring (bicyclic) bond motifs is 5. The normalized spacial score (nSPS) is 33.3. The highest BCUT2D eigenvalue weighted by molar-refractivity contribution is 5.86. The summed E-state index contributed by atoms with van der Waals surface area (Å²) < 4.78 is 0. The summed E-state index contributed by atoms with van der Waals surface area (Å²) in [6.45, 7) is 7.36. The molecule has 21 heavy (non-hydrogen) atoms. The van der Waals surface area contributed by atoms with Gasteiger partial charge in [0.15, 0.2) is 0 Å². The van der Waals surface area contributed by atoms with Crippen LogP contribution in [-0.4, -0.2) is 34.1 Å². The molecule has 1 saturated carbocycles. The molecule has 0 amide bonds. The van der Waals surface area contributed by atoms with Crippen molar-refractivity contribution in [3.05, 3.63) is 29.5 Å². The SMILES string of the molecule is CC1(C)C2CC3c4[nH]c5ccc(O)cc5c4CCN(C2)C31. The summed E-state index contributed by atoms with van der Waals surface area (Å²) in [7, 11) is 0. The van der Waals surface area contributed by atoms with E-state index in [0.717, 1.165) is 18.9 Å². The molecular formula is C18H22N2O. The van der Waals surface area contributed by atoms with Gasteiger partial charge in [0.25, 0.3) is 0 Å². The van der Waals surface area contributed by atoms with Crippen molar-refractivity contribution >= 4 is 10.9 Å². The van der Waals surface area contributed by atoms with E-state index < -0.39 is 0 Å². The first-order valence-corrected chi connectivity index (χ1v) is 8.13. The molecule has 2 aromatic rings. The van der Waals surface area contributed by atoms with Gasteiger partial charge in [0.1, 0.15) is 5.75 Å². The molecule has 2 bridgehead atoms. The zero-order chi connectivity index (χ0) is 14.4. The first kappa shape index (κ1) is 12.1. The number of hydrogen-bond donors (Lipinski definition) is 2. The molecule has 3 heterocycles. The minimum absolute atomic E-state index is 0.376. The highest BCUT2D eigenvalue weighted by Gasteiger charge is 2.58. The molecule has 1 aliphatic carbocycles. The van der Waals surface area contributed by atoms with Crippen LogP contribution in [0.15, 0.2) is 18.2 Å². The fourth-order valence-corrected chi connectivity index (χ4v) is 5.53. The topological polar surface area (TPSA) is 39.3 Å². The second-order valence-corrected chi connectivity index (χ2v) is 7.80. The van der Waals surface area contributed by atoms with Gasteiger partial charge >= 0.3 is 0 Å². The molecular weight excluding hydrogens is 260 g/mol. The van der Waals surface area contributed by atoms with Gasteiger partial charge in [-0.15, -0.1) is 0 Å². The van der Waals surface area contributed by atoms with Crippen LogP contribution in [0.25, 0.3) is 10.9 Å². The Hall–Kier alpha value is -1.48. The van der Waals surface area contributed by atoms with Crippen molar-refractivity contribution in [1.82, 2.24) is 9.88 Å². The molecule has 110 valence electrons. The van der Waals surface area contributed by atoms with E-state index in [4.69, 9.17) is 0 Å². The van der Waals surface area contributed by atoms with Crippen LogP contribution >= 0.6 is 0 Å². The van der Waals surface area contributed by atoms with E-state index in [2.05, 4.69) is 23.7 Å². The third kappa shape index (κ3) is 1.38. The van der Waals surface area contributed by atoms with Crippen molar-refractivity contribution in [3.8, 4) is 5.75 Å².